The Morgan fingerprint density at radius 1 is 1.60 bits per heavy atom. The van der Waals surface area contributed by atoms with E-state index in [1.54, 1.807) is 23.9 Å². The molecule has 0 saturated heterocycles. The fourth-order valence-corrected chi connectivity index (χ4v) is 1.92. The molecule has 0 aliphatic rings. The van der Waals surface area contributed by atoms with Gasteiger partial charge in [0.2, 0.25) is 0 Å². The van der Waals surface area contributed by atoms with Crippen LogP contribution in [0.25, 0.3) is 11.0 Å². The van der Waals surface area contributed by atoms with Crippen molar-refractivity contribution in [3.8, 4) is 5.75 Å². The number of hydrogen-bond acceptors (Lipinski definition) is 4. The van der Waals surface area contributed by atoms with Crippen molar-refractivity contribution in [1.82, 2.24) is 9.97 Å². The summed E-state index contributed by atoms with van der Waals surface area (Å²) in [7, 11) is 0. The van der Waals surface area contributed by atoms with Gasteiger partial charge in [-0.3, -0.25) is 4.79 Å². The fraction of sp³-hybridized carbons (Fsp3) is 0.200. The van der Waals surface area contributed by atoms with Crippen LogP contribution in [0.15, 0.2) is 23.4 Å². The predicted octanol–water partition coefficient (Wildman–Crippen LogP) is 2.21. The number of fused-ring (bicyclic) bond motifs is 1. The Balaban J connectivity index is 2.38. The Kier molecular flexibility index (Phi) is 2.91. The number of aromatic nitrogens is 2. The number of benzene rings is 1. The summed E-state index contributed by atoms with van der Waals surface area (Å²) in [6, 6.07) is 5.30. The highest BCUT2D eigenvalue weighted by Crippen LogP contribution is 2.22. The van der Waals surface area contributed by atoms with Gasteiger partial charge in [-0.25, -0.2) is 4.98 Å². The molecule has 1 aromatic carbocycles. The van der Waals surface area contributed by atoms with Gasteiger partial charge in [-0.05, 0) is 17.9 Å². The molecule has 0 aliphatic heterocycles. The van der Waals surface area contributed by atoms with Crippen molar-refractivity contribution < 1.29 is 9.53 Å². The van der Waals surface area contributed by atoms with Crippen molar-refractivity contribution in [3.63, 3.8) is 0 Å². The van der Waals surface area contributed by atoms with E-state index in [2.05, 4.69) is 16.9 Å². The zero-order chi connectivity index (χ0) is 10.7. The van der Waals surface area contributed by atoms with Gasteiger partial charge in [-0.2, -0.15) is 0 Å². The molecule has 15 heavy (non-hydrogen) atoms. The maximum absolute atomic E-state index is 10.2. The molecular formula is C10H10N2O2S. The molecule has 0 saturated carbocycles. The molecule has 4 nitrogen and oxygen atoms in total. The standard InChI is InChI=1S/C10H10N2O2S/c1-2-15-10-11-8-4-3-7(14-6-13)5-9(8)12-10/h3-6H,2H2,1H3,(H,11,12). The third-order valence-corrected chi connectivity index (χ3v) is 2.65. The first-order valence-electron chi connectivity index (χ1n) is 4.56. The summed E-state index contributed by atoms with van der Waals surface area (Å²) in [5.41, 5.74) is 1.76. The van der Waals surface area contributed by atoms with Gasteiger partial charge in [-0.1, -0.05) is 18.7 Å². The van der Waals surface area contributed by atoms with E-state index in [4.69, 9.17) is 4.74 Å². The highest BCUT2D eigenvalue weighted by Gasteiger charge is 2.03. The number of rotatable bonds is 4. The fourth-order valence-electron chi connectivity index (χ4n) is 1.30. The third-order valence-electron chi connectivity index (χ3n) is 1.90. The SMILES string of the molecule is CCSc1nc2ccc(OC=O)cc2[nH]1. The molecule has 0 spiro atoms. The summed E-state index contributed by atoms with van der Waals surface area (Å²) < 4.78 is 4.75. The van der Waals surface area contributed by atoms with E-state index in [0.717, 1.165) is 21.9 Å². The molecule has 1 aromatic heterocycles. The Bertz CT molecular complexity index is 481. The molecule has 2 rings (SSSR count). The van der Waals surface area contributed by atoms with Crippen LogP contribution in [0.2, 0.25) is 0 Å². The summed E-state index contributed by atoms with van der Waals surface area (Å²) in [5, 5.41) is 0.885. The van der Waals surface area contributed by atoms with Gasteiger partial charge in [-0.15, -0.1) is 0 Å². The third kappa shape index (κ3) is 2.12. The number of carbonyl (C=O) groups excluding carboxylic acids is 1. The molecule has 1 N–H and O–H groups in total. The second-order valence-electron chi connectivity index (χ2n) is 2.87. The molecule has 0 bridgehead atoms. The largest absolute Gasteiger partial charge is 0.429 e. The molecule has 0 fully saturated rings. The zero-order valence-corrected chi connectivity index (χ0v) is 9.00. The van der Waals surface area contributed by atoms with Gasteiger partial charge in [0.05, 0.1) is 11.0 Å². The van der Waals surface area contributed by atoms with Crippen LogP contribution < -0.4 is 4.74 Å². The van der Waals surface area contributed by atoms with Crippen LogP contribution in [0.4, 0.5) is 0 Å². The molecule has 0 unspecified atom stereocenters. The maximum Gasteiger partial charge on any atom is 0.298 e. The first-order chi connectivity index (χ1) is 7.33. The second kappa shape index (κ2) is 4.35. The Hall–Kier alpha value is -1.49. The first-order valence-corrected chi connectivity index (χ1v) is 5.55. The first kappa shape index (κ1) is 10.0. The van der Waals surface area contributed by atoms with E-state index in [1.807, 2.05) is 6.07 Å². The van der Waals surface area contributed by atoms with E-state index >= 15 is 0 Å². The second-order valence-corrected chi connectivity index (χ2v) is 4.12. The van der Waals surface area contributed by atoms with E-state index < -0.39 is 0 Å². The van der Waals surface area contributed by atoms with E-state index in [9.17, 15) is 4.79 Å². The van der Waals surface area contributed by atoms with Crippen molar-refractivity contribution in [2.24, 2.45) is 0 Å². The molecule has 0 atom stereocenters. The summed E-state index contributed by atoms with van der Waals surface area (Å²) in [5.74, 6) is 1.49. The van der Waals surface area contributed by atoms with Crippen molar-refractivity contribution in [2.75, 3.05) is 5.75 Å². The molecule has 5 heteroatoms. The number of aromatic amines is 1. The summed E-state index contributed by atoms with van der Waals surface area (Å²) in [4.78, 5) is 17.7. The number of carbonyl (C=O) groups is 1. The predicted molar refractivity (Wildman–Crippen MR) is 59.2 cm³/mol. The monoisotopic (exact) mass is 222 g/mol. The summed E-state index contributed by atoms with van der Waals surface area (Å²) in [6.45, 7) is 2.48. The van der Waals surface area contributed by atoms with Crippen molar-refractivity contribution in [1.29, 1.82) is 0 Å². The van der Waals surface area contributed by atoms with Crippen LogP contribution in [0.3, 0.4) is 0 Å². The van der Waals surface area contributed by atoms with Crippen LogP contribution in [-0.4, -0.2) is 22.2 Å². The summed E-state index contributed by atoms with van der Waals surface area (Å²) in [6.07, 6.45) is 0. The minimum absolute atomic E-state index is 0.416. The van der Waals surface area contributed by atoms with Gasteiger partial charge in [0, 0.05) is 6.07 Å². The van der Waals surface area contributed by atoms with Crippen LogP contribution in [-0.2, 0) is 4.79 Å². The van der Waals surface area contributed by atoms with Gasteiger partial charge >= 0.3 is 0 Å². The number of imidazole rings is 1. The Morgan fingerprint density at radius 2 is 2.47 bits per heavy atom. The number of H-pyrrole nitrogens is 1. The van der Waals surface area contributed by atoms with Crippen LogP contribution >= 0.6 is 11.8 Å². The van der Waals surface area contributed by atoms with E-state index in [-0.39, 0.29) is 0 Å². The normalized spacial score (nSPS) is 10.5. The van der Waals surface area contributed by atoms with Crippen molar-refractivity contribution in [2.45, 2.75) is 12.1 Å². The van der Waals surface area contributed by atoms with E-state index in [1.165, 1.54) is 0 Å². The molecule has 1 heterocycles. The van der Waals surface area contributed by atoms with Gasteiger partial charge in [0.1, 0.15) is 5.75 Å². The molecule has 0 amide bonds. The lowest BCUT2D eigenvalue weighted by molar-refractivity contribution is -0.120. The van der Waals surface area contributed by atoms with Gasteiger partial charge < -0.3 is 9.72 Å². The smallest absolute Gasteiger partial charge is 0.298 e. The number of nitrogens with zero attached hydrogens (tertiary/aromatic N) is 1. The average molecular weight is 222 g/mol. The Labute approximate surface area is 91.0 Å². The van der Waals surface area contributed by atoms with Crippen LogP contribution in [0.1, 0.15) is 6.92 Å². The minimum Gasteiger partial charge on any atom is -0.429 e. The van der Waals surface area contributed by atoms with E-state index in [0.29, 0.717) is 12.2 Å². The molecule has 0 aliphatic carbocycles. The number of thioether (sulfide) groups is 1. The van der Waals surface area contributed by atoms with Gasteiger partial charge in [0.15, 0.2) is 5.16 Å². The highest BCUT2D eigenvalue weighted by atomic mass is 32.2. The molecule has 2 aromatic rings. The average Bonchev–Trinajstić information content (AvgIpc) is 2.60. The number of hydrogen-bond donors (Lipinski definition) is 1. The maximum atomic E-state index is 10.2. The molecular weight excluding hydrogens is 212 g/mol. The summed E-state index contributed by atoms with van der Waals surface area (Å²) >= 11 is 1.64. The minimum atomic E-state index is 0.416. The lowest BCUT2D eigenvalue weighted by atomic mass is 10.3. The van der Waals surface area contributed by atoms with Crippen molar-refractivity contribution >= 4 is 29.3 Å². The zero-order valence-electron chi connectivity index (χ0n) is 8.19. The lowest BCUT2D eigenvalue weighted by Crippen LogP contribution is -1.87. The number of ether oxygens (including phenoxy) is 1. The van der Waals surface area contributed by atoms with Gasteiger partial charge in [0.25, 0.3) is 6.47 Å². The van der Waals surface area contributed by atoms with Crippen molar-refractivity contribution in [3.05, 3.63) is 18.2 Å². The highest BCUT2D eigenvalue weighted by molar-refractivity contribution is 7.99. The Morgan fingerprint density at radius 3 is 3.20 bits per heavy atom. The quantitative estimate of drug-likeness (QED) is 0.636. The van der Waals surface area contributed by atoms with Crippen LogP contribution in [0.5, 0.6) is 5.75 Å². The molecule has 78 valence electrons. The number of nitrogens with one attached hydrogen (secondary N) is 1. The molecule has 0 radical (unpaired) electrons. The lowest BCUT2D eigenvalue weighted by Gasteiger charge is -1.95. The van der Waals surface area contributed by atoms with Crippen LogP contribution in [0, 0.1) is 0 Å². The topological polar surface area (TPSA) is 55.0 Å².